The zero-order chi connectivity index (χ0) is 18.4. The van der Waals surface area contributed by atoms with Gasteiger partial charge in [0.15, 0.2) is 0 Å². The molecule has 6 nitrogen and oxygen atoms in total. The maximum atomic E-state index is 12.4. The zero-order valence-electron chi connectivity index (χ0n) is 14.7. The molecule has 1 amide bonds. The monoisotopic (exact) mass is 343 g/mol. The molecular formula is C19H21NO5. The number of aryl methyl sites for hydroxylation is 1. The van der Waals surface area contributed by atoms with Gasteiger partial charge in [-0.15, -0.1) is 0 Å². The van der Waals surface area contributed by atoms with Crippen LogP contribution in [-0.4, -0.2) is 33.2 Å². The standard InChI is InChI=1S/C19H21NO5/c1-12-5-6-13(19(22)25-4)10-16(12)20-18(21)11-14-9-15(23-2)7-8-17(14)24-3/h5-10H,11H2,1-4H3,(H,20,21). The first-order valence-corrected chi connectivity index (χ1v) is 7.68. The lowest BCUT2D eigenvalue weighted by molar-refractivity contribution is -0.115. The number of amides is 1. The molecule has 0 heterocycles. The molecule has 0 aromatic heterocycles. The van der Waals surface area contributed by atoms with E-state index in [0.717, 1.165) is 5.56 Å². The van der Waals surface area contributed by atoms with Crippen LogP contribution in [0.15, 0.2) is 36.4 Å². The SMILES string of the molecule is COC(=O)c1ccc(C)c(NC(=O)Cc2cc(OC)ccc2OC)c1. The highest BCUT2D eigenvalue weighted by Gasteiger charge is 2.13. The van der Waals surface area contributed by atoms with E-state index in [2.05, 4.69) is 5.32 Å². The molecule has 0 saturated carbocycles. The molecule has 6 heteroatoms. The Hall–Kier alpha value is -3.02. The molecule has 0 atom stereocenters. The van der Waals surface area contributed by atoms with Crippen molar-refractivity contribution in [3.8, 4) is 11.5 Å². The van der Waals surface area contributed by atoms with Crippen molar-refractivity contribution in [2.24, 2.45) is 0 Å². The third-order valence-electron chi connectivity index (χ3n) is 3.77. The number of benzene rings is 2. The predicted octanol–water partition coefficient (Wildman–Crippen LogP) is 2.98. The van der Waals surface area contributed by atoms with Gasteiger partial charge in [-0.05, 0) is 42.8 Å². The van der Waals surface area contributed by atoms with E-state index in [0.29, 0.717) is 28.3 Å². The predicted molar refractivity (Wildman–Crippen MR) is 94.4 cm³/mol. The molecular weight excluding hydrogens is 322 g/mol. The molecule has 25 heavy (non-hydrogen) atoms. The fourth-order valence-electron chi connectivity index (χ4n) is 2.39. The maximum Gasteiger partial charge on any atom is 0.337 e. The number of ether oxygens (including phenoxy) is 3. The Labute approximate surface area is 146 Å². The quantitative estimate of drug-likeness (QED) is 0.816. The molecule has 0 radical (unpaired) electrons. The molecule has 0 spiro atoms. The van der Waals surface area contributed by atoms with Gasteiger partial charge in [-0.1, -0.05) is 6.07 Å². The summed E-state index contributed by atoms with van der Waals surface area (Å²) in [5.41, 5.74) is 2.50. The highest BCUT2D eigenvalue weighted by atomic mass is 16.5. The van der Waals surface area contributed by atoms with Gasteiger partial charge >= 0.3 is 5.97 Å². The van der Waals surface area contributed by atoms with Crippen LogP contribution in [0.1, 0.15) is 21.5 Å². The molecule has 0 bridgehead atoms. The minimum atomic E-state index is -0.454. The van der Waals surface area contributed by atoms with Crippen LogP contribution in [0.25, 0.3) is 0 Å². The molecule has 2 aromatic rings. The number of methoxy groups -OCH3 is 3. The van der Waals surface area contributed by atoms with Gasteiger partial charge in [-0.3, -0.25) is 4.79 Å². The number of nitrogens with one attached hydrogen (secondary N) is 1. The lowest BCUT2D eigenvalue weighted by Gasteiger charge is -2.12. The van der Waals surface area contributed by atoms with Gasteiger partial charge in [0.25, 0.3) is 0 Å². The van der Waals surface area contributed by atoms with E-state index in [1.807, 2.05) is 6.92 Å². The second kappa shape index (κ2) is 8.19. The molecule has 132 valence electrons. The number of hydrogen-bond donors (Lipinski definition) is 1. The Balaban J connectivity index is 2.19. The summed E-state index contributed by atoms with van der Waals surface area (Å²) in [4.78, 5) is 24.1. The number of hydrogen-bond acceptors (Lipinski definition) is 5. The van der Waals surface area contributed by atoms with E-state index < -0.39 is 5.97 Å². The summed E-state index contributed by atoms with van der Waals surface area (Å²) in [6.45, 7) is 1.85. The van der Waals surface area contributed by atoms with Crippen molar-refractivity contribution in [3.05, 3.63) is 53.1 Å². The van der Waals surface area contributed by atoms with Crippen molar-refractivity contribution in [2.75, 3.05) is 26.6 Å². The van der Waals surface area contributed by atoms with Crippen LogP contribution in [-0.2, 0) is 16.0 Å². The van der Waals surface area contributed by atoms with E-state index >= 15 is 0 Å². The van der Waals surface area contributed by atoms with Gasteiger partial charge < -0.3 is 19.5 Å². The number of esters is 1. The highest BCUT2D eigenvalue weighted by molar-refractivity contribution is 5.96. The molecule has 1 N–H and O–H groups in total. The summed E-state index contributed by atoms with van der Waals surface area (Å²) >= 11 is 0. The summed E-state index contributed by atoms with van der Waals surface area (Å²) in [7, 11) is 4.43. The average molecular weight is 343 g/mol. The summed E-state index contributed by atoms with van der Waals surface area (Å²) in [5.74, 6) is 0.574. The van der Waals surface area contributed by atoms with Crippen LogP contribution < -0.4 is 14.8 Å². The van der Waals surface area contributed by atoms with Crippen molar-refractivity contribution in [3.63, 3.8) is 0 Å². The smallest absolute Gasteiger partial charge is 0.337 e. The third-order valence-corrected chi connectivity index (χ3v) is 3.77. The third kappa shape index (κ3) is 4.50. The van der Waals surface area contributed by atoms with Gasteiger partial charge in [-0.2, -0.15) is 0 Å². The van der Waals surface area contributed by atoms with Crippen LogP contribution in [0.4, 0.5) is 5.69 Å². The summed E-state index contributed by atoms with van der Waals surface area (Å²) in [5, 5.41) is 2.82. The first-order valence-electron chi connectivity index (χ1n) is 7.68. The van der Waals surface area contributed by atoms with E-state index in [1.165, 1.54) is 7.11 Å². The Morgan fingerprint density at radius 3 is 2.40 bits per heavy atom. The van der Waals surface area contributed by atoms with Gasteiger partial charge in [-0.25, -0.2) is 4.79 Å². The Bertz CT molecular complexity index is 785. The lowest BCUT2D eigenvalue weighted by atomic mass is 10.1. The van der Waals surface area contributed by atoms with Crippen molar-refractivity contribution < 1.29 is 23.8 Å². The summed E-state index contributed by atoms with van der Waals surface area (Å²) in [6.07, 6.45) is 0.113. The Morgan fingerprint density at radius 1 is 1.00 bits per heavy atom. The summed E-state index contributed by atoms with van der Waals surface area (Å²) in [6, 6.07) is 10.3. The van der Waals surface area contributed by atoms with E-state index in [1.54, 1.807) is 50.6 Å². The molecule has 0 saturated heterocycles. The first-order chi connectivity index (χ1) is 12.0. The van der Waals surface area contributed by atoms with Crippen LogP contribution in [0, 0.1) is 6.92 Å². The van der Waals surface area contributed by atoms with Crippen LogP contribution >= 0.6 is 0 Å². The fraction of sp³-hybridized carbons (Fsp3) is 0.263. The van der Waals surface area contributed by atoms with E-state index in [4.69, 9.17) is 14.2 Å². The van der Waals surface area contributed by atoms with Gasteiger partial charge in [0.2, 0.25) is 5.91 Å². The highest BCUT2D eigenvalue weighted by Crippen LogP contribution is 2.25. The molecule has 0 aliphatic heterocycles. The van der Waals surface area contributed by atoms with Crippen LogP contribution in [0.5, 0.6) is 11.5 Å². The van der Waals surface area contributed by atoms with Gasteiger partial charge in [0, 0.05) is 11.3 Å². The molecule has 0 aliphatic carbocycles. The normalized spacial score (nSPS) is 10.1. The average Bonchev–Trinajstić information content (AvgIpc) is 2.62. The fourth-order valence-corrected chi connectivity index (χ4v) is 2.39. The van der Waals surface area contributed by atoms with Crippen LogP contribution in [0.3, 0.4) is 0 Å². The minimum absolute atomic E-state index is 0.113. The van der Waals surface area contributed by atoms with Gasteiger partial charge in [0.1, 0.15) is 11.5 Å². The number of carbonyl (C=O) groups is 2. The summed E-state index contributed by atoms with van der Waals surface area (Å²) < 4.78 is 15.2. The largest absolute Gasteiger partial charge is 0.497 e. The van der Waals surface area contributed by atoms with Crippen molar-refractivity contribution in [1.29, 1.82) is 0 Å². The number of carbonyl (C=O) groups excluding carboxylic acids is 2. The van der Waals surface area contributed by atoms with Crippen LogP contribution in [0.2, 0.25) is 0 Å². The zero-order valence-corrected chi connectivity index (χ0v) is 14.7. The number of rotatable bonds is 6. The van der Waals surface area contributed by atoms with E-state index in [9.17, 15) is 9.59 Å². The second-order valence-electron chi connectivity index (χ2n) is 5.42. The van der Waals surface area contributed by atoms with Crippen molar-refractivity contribution >= 4 is 17.6 Å². The second-order valence-corrected chi connectivity index (χ2v) is 5.42. The van der Waals surface area contributed by atoms with Crippen molar-refractivity contribution in [1.82, 2.24) is 0 Å². The Kier molecular flexibility index (Phi) is 6.00. The molecule has 0 aliphatic rings. The van der Waals surface area contributed by atoms with E-state index in [-0.39, 0.29) is 12.3 Å². The molecule has 0 unspecified atom stereocenters. The maximum absolute atomic E-state index is 12.4. The first kappa shape index (κ1) is 18.3. The lowest BCUT2D eigenvalue weighted by Crippen LogP contribution is -2.16. The topological polar surface area (TPSA) is 73.9 Å². The van der Waals surface area contributed by atoms with Crippen molar-refractivity contribution in [2.45, 2.75) is 13.3 Å². The Morgan fingerprint density at radius 2 is 1.76 bits per heavy atom. The minimum Gasteiger partial charge on any atom is -0.497 e. The molecule has 2 aromatic carbocycles. The molecule has 2 rings (SSSR count). The van der Waals surface area contributed by atoms with Gasteiger partial charge in [0.05, 0.1) is 33.3 Å². The molecule has 0 fully saturated rings. The number of anilines is 1.